The number of nitrogens with zero attached hydrogens (tertiary/aromatic N) is 1. The molecule has 4 nitrogen and oxygen atoms in total. The first kappa shape index (κ1) is 12.1. The predicted molar refractivity (Wildman–Crippen MR) is 66.7 cm³/mol. The molecule has 0 aliphatic heterocycles. The first-order valence-electron chi connectivity index (χ1n) is 5.35. The summed E-state index contributed by atoms with van der Waals surface area (Å²) in [6, 6.07) is 6.62. The minimum absolute atomic E-state index is 0.0902. The Balaban J connectivity index is 2.66. The Morgan fingerprint density at radius 3 is 2.53 bits per heavy atom. The van der Waals surface area contributed by atoms with E-state index in [2.05, 4.69) is 0 Å². The summed E-state index contributed by atoms with van der Waals surface area (Å²) in [5.41, 5.74) is -0.151. The van der Waals surface area contributed by atoms with Crippen LogP contribution in [0.3, 0.4) is 0 Å². The number of hydrogen-bond acceptors (Lipinski definition) is 2. The maximum atomic E-state index is 12.1. The predicted octanol–water partition coefficient (Wildman–Crippen LogP) is 1.34. The van der Waals surface area contributed by atoms with Crippen LogP contribution in [-0.4, -0.2) is 29.4 Å². The summed E-state index contributed by atoms with van der Waals surface area (Å²) in [6.45, 7) is 3.65. The summed E-state index contributed by atoms with van der Waals surface area (Å²) in [5.74, 6) is -1.02. The molecule has 2 aromatic rings. The molecule has 1 unspecified atom stereocenters. The first-order chi connectivity index (χ1) is 8.02. The molecule has 90 valence electrons. The average molecular weight is 298 g/mol. The van der Waals surface area contributed by atoms with E-state index in [1.165, 1.54) is 3.56 Å². The first-order valence-corrected chi connectivity index (χ1v) is 6.98. The van der Waals surface area contributed by atoms with Gasteiger partial charge in [0.25, 0.3) is 0 Å². The van der Waals surface area contributed by atoms with E-state index in [4.69, 9.17) is 0 Å². The zero-order valence-corrected chi connectivity index (χ0v) is 11.3. The second kappa shape index (κ2) is 4.51. The second-order valence-corrected chi connectivity index (χ2v) is 6.38. The SMILES string of the molecule is CC(C)C(C(=O)O)n1[se]c2ccccc2c1=O. The van der Waals surface area contributed by atoms with Crippen LogP contribution in [0.15, 0.2) is 29.1 Å². The molecule has 0 saturated heterocycles. The Kier molecular flexibility index (Phi) is 3.22. The molecule has 1 N–H and O–H groups in total. The fraction of sp³-hybridized carbons (Fsp3) is 0.333. The summed E-state index contributed by atoms with van der Waals surface area (Å²) in [7, 11) is 0. The van der Waals surface area contributed by atoms with E-state index in [0.717, 1.165) is 4.26 Å². The van der Waals surface area contributed by atoms with Gasteiger partial charge in [-0.25, -0.2) is 0 Å². The number of rotatable bonds is 3. The molecule has 0 spiro atoms. The normalized spacial score (nSPS) is 13.1. The van der Waals surface area contributed by atoms with Crippen LogP contribution < -0.4 is 5.56 Å². The van der Waals surface area contributed by atoms with Gasteiger partial charge in [0.2, 0.25) is 0 Å². The zero-order chi connectivity index (χ0) is 12.6. The average Bonchev–Trinajstić information content (AvgIpc) is 2.56. The van der Waals surface area contributed by atoms with Gasteiger partial charge in [-0.15, -0.1) is 0 Å². The van der Waals surface area contributed by atoms with E-state index in [-0.39, 0.29) is 26.2 Å². The number of carbonyl (C=O) groups is 1. The van der Waals surface area contributed by atoms with Crippen LogP contribution in [-0.2, 0) is 4.79 Å². The Hall–Kier alpha value is -1.32. The van der Waals surface area contributed by atoms with Crippen molar-refractivity contribution in [3.8, 4) is 0 Å². The Morgan fingerprint density at radius 2 is 2.00 bits per heavy atom. The standard InChI is InChI=1S/C12H13NO3Se/c1-7(2)10(12(15)16)13-11(14)8-5-3-4-6-9(8)17-13/h3-7,10H,1-2H3,(H,15,16). The molecule has 0 radical (unpaired) electrons. The van der Waals surface area contributed by atoms with Crippen molar-refractivity contribution in [1.82, 2.24) is 3.56 Å². The summed E-state index contributed by atoms with van der Waals surface area (Å²) < 4.78 is 2.47. The quantitative estimate of drug-likeness (QED) is 0.870. The van der Waals surface area contributed by atoms with E-state index in [1.807, 2.05) is 32.0 Å². The molecule has 0 fully saturated rings. The number of carboxylic acid groups (broad SMARTS) is 1. The fourth-order valence-electron chi connectivity index (χ4n) is 1.83. The summed E-state index contributed by atoms with van der Waals surface area (Å²) in [4.78, 5) is 23.4. The van der Waals surface area contributed by atoms with E-state index in [0.29, 0.717) is 5.39 Å². The zero-order valence-electron chi connectivity index (χ0n) is 9.58. The number of aliphatic carboxylic acids is 1. The van der Waals surface area contributed by atoms with Crippen molar-refractivity contribution in [2.24, 2.45) is 5.92 Å². The number of carboxylic acids is 1. The van der Waals surface area contributed by atoms with Gasteiger partial charge in [0, 0.05) is 0 Å². The van der Waals surface area contributed by atoms with Crippen molar-refractivity contribution in [3.63, 3.8) is 0 Å². The third-order valence-electron chi connectivity index (χ3n) is 2.65. The fourth-order valence-corrected chi connectivity index (χ4v) is 4.42. The monoisotopic (exact) mass is 299 g/mol. The Morgan fingerprint density at radius 1 is 1.35 bits per heavy atom. The number of fused-ring (bicyclic) bond motifs is 1. The van der Waals surface area contributed by atoms with Crippen molar-refractivity contribution in [2.75, 3.05) is 0 Å². The van der Waals surface area contributed by atoms with Crippen molar-refractivity contribution in [1.29, 1.82) is 0 Å². The van der Waals surface area contributed by atoms with Crippen LogP contribution >= 0.6 is 0 Å². The molecule has 0 aliphatic rings. The summed E-state index contributed by atoms with van der Waals surface area (Å²) >= 11 is -0.221. The maximum absolute atomic E-state index is 12.1. The van der Waals surface area contributed by atoms with Gasteiger partial charge in [-0.2, -0.15) is 0 Å². The van der Waals surface area contributed by atoms with Crippen LogP contribution in [0.4, 0.5) is 0 Å². The van der Waals surface area contributed by atoms with E-state index in [1.54, 1.807) is 6.07 Å². The molecule has 17 heavy (non-hydrogen) atoms. The molecule has 2 rings (SSSR count). The molecule has 5 heteroatoms. The molecular weight excluding hydrogens is 285 g/mol. The minimum atomic E-state index is -0.928. The van der Waals surface area contributed by atoms with Gasteiger partial charge < -0.3 is 0 Å². The Bertz CT molecular complexity index is 611. The summed E-state index contributed by atoms with van der Waals surface area (Å²) in [5, 5.41) is 9.87. The molecule has 1 aromatic heterocycles. The van der Waals surface area contributed by atoms with E-state index < -0.39 is 12.0 Å². The second-order valence-electron chi connectivity index (χ2n) is 4.25. The number of hydrogen-bond donors (Lipinski definition) is 1. The summed E-state index contributed by atoms with van der Waals surface area (Å²) in [6.07, 6.45) is 0. The van der Waals surface area contributed by atoms with Crippen LogP contribution in [0.5, 0.6) is 0 Å². The van der Waals surface area contributed by atoms with Crippen LogP contribution in [0.1, 0.15) is 19.9 Å². The Labute approximate surface area is 104 Å². The van der Waals surface area contributed by atoms with Crippen molar-refractivity contribution >= 4 is 30.3 Å². The van der Waals surface area contributed by atoms with Crippen molar-refractivity contribution in [2.45, 2.75) is 19.9 Å². The van der Waals surface area contributed by atoms with Crippen molar-refractivity contribution < 1.29 is 9.90 Å². The number of aromatic nitrogens is 1. The molecule has 0 bridgehead atoms. The van der Waals surface area contributed by atoms with Gasteiger partial charge in [0.05, 0.1) is 0 Å². The van der Waals surface area contributed by atoms with Crippen LogP contribution in [0, 0.1) is 5.92 Å². The van der Waals surface area contributed by atoms with E-state index in [9.17, 15) is 14.7 Å². The molecule has 1 heterocycles. The number of benzene rings is 1. The van der Waals surface area contributed by atoms with Gasteiger partial charge in [0.1, 0.15) is 0 Å². The third kappa shape index (κ3) is 2.08. The van der Waals surface area contributed by atoms with Crippen LogP contribution in [0.25, 0.3) is 9.65 Å². The molecule has 0 saturated carbocycles. The molecule has 0 aliphatic carbocycles. The van der Waals surface area contributed by atoms with Gasteiger partial charge in [-0.1, -0.05) is 0 Å². The third-order valence-corrected chi connectivity index (χ3v) is 5.05. The topological polar surface area (TPSA) is 59.3 Å². The molecular formula is C12H13NO3Se. The van der Waals surface area contributed by atoms with E-state index >= 15 is 0 Å². The van der Waals surface area contributed by atoms with Gasteiger partial charge in [0.15, 0.2) is 0 Å². The molecule has 1 aromatic carbocycles. The van der Waals surface area contributed by atoms with Gasteiger partial charge >= 0.3 is 104 Å². The molecule has 0 amide bonds. The van der Waals surface area contributed by atoms with Gasteiger partial charge in [-0.05, 0) is 0 Å². The van der Waals surface area contributed by atoms with Gasteiger partial charge in [-0.3, -0.25) is 0 Å². The van der Waals surface area contributed by atoms with Crippen LogP contribution in [0.2, 0.25) is 0 Å². The molecule has 1 atom stereocenters. The van der Waals surface area contributed by atoms with Crippen molar-refractivity contribution in [3.05, 3.63) is 34.6 Å².